The van der Waals surface area contributed by atoms with Gasteiger partial charge in [-0.1, -0.05) is 24.6 Å². The summed E-state index contributed by atoms with van der Waals surface area (Å²) >= 11 is 1.29. The lowest BCUT2D eigenvalue weighted by molar-refractivity contribution is -0.122. The molecule has 0 radical (unpaired) electrons. The first kappa shape index (κ1) is 19.3. The van der Waals surface area contributed by atoms with Crippen molar-refractivity contribution < 1.29 is 9.59 Å². The Kier molecular flexibility index (Phi) is 6.44. The van der Waals surface area contributed by atoms with Crippen molar-refractivity contribution in [1.82, 2.24) is 25.1 Å². The summed E-state index contributed by atoms with van der Waals surface area (Å²) in [6.07, 6.45) is 7.65. The number of carbonyl (C=O) groups excluding carboxylic acids is 2. The summed E-state index contributed by atoms with van der Waals surface area (Å²) in [5, 5.41) is 10.5. The van der Waals surface area contributed by atoms with Crippen LogP contribution in [0.15, 0.2) is 23.6 Å². The van der Waals surface area contributed by atoms with Crippen molar-refractivity contribution in [2.24, 2.45) is 0 Å². The van der Waals surface area contributed by atoms with Crippen LogP contribution in [0, 0.1) is 13.8 Å². The number of hydrogen-bond acceptors (Lipinski definition) is 6. The second kappa shape index (κ2) is 8.98. The second-order valence-electron chi connectivity index (χ2n) is 6.75. The molecule has 0 saturated heterocycles. The number of hydrogen-bond donors (Lipinski definition) is 2. The smallest absolute Gasteiger partial charge is 0.241 e. The van der Waals surface area contributed by atoms with E-state index in [0.717, 1.165) is 24.2 Å². The number of nitrogens with zero attached hydrogens (tertiary/aromatic N) is 4. The zero-order valence-corrected chi connectivity index (χ0v) is 16.4. The third-order valence-electron chi connectivity index (χ3n) is 4.24. The summed E-state index contributed by atoms with van der Waals surface area (Å²) in [6, 6.07) is 2.18. The molecule has 2 N–H and O–H groups in total. The maximum Gasteiger partial charge on any atom is 0.241 e. The van der Waals surface area contributed by atoms with E-state index in [1.54, 1.807) is 12.4 Å². The van der Waals surface area contributed by atoms with Crippen LogP contribution >= 0.6 is 11.8 Å². The molecular weight excluding hydrogens is 364 g/mol. The van der Waals surface area contributed by atoms with Gasteiger partial charge >= 0.3 is 0 Å². The number of amides is 2. The highest BCUT2D eigenvalue weighted by Gasteiger charge is 2.17. The molecule has 2 heterocycles. The molecule has 2 aromatic rings. The number of rotatable bonds is 7. The number of aryl methyl sites for hydroxylation is 2. The van der Waals surface area contributed by atoms with E-state index in [1.807, 2.05) is 19.9 Å². The van der Waals surface area contributed by atoms with Gasteiger partial charge in [-0.15, -0.1) is 0 Å². The molecule has 144 valence electrons. The quantitative estimate of drug-likeness (QED) is 0.556. The van der Waals surface area contributed by atoms with Crippen LogP contribution in [0.25, 0.3) is 0 Å². The Hall–Kier alpha value is -2.42. The number of anilines is 1. The highest BCUT2D eigenvalue weighted by Crippen LogP contribution is 2.18. The van der Waals surface area contributed by atoms with Gasteiger partial charge in [0, 0.05) is 23.6 Å². The fourth-order valence-corrected chi connectivity index (χ4v) is 3.84. The molecule has 9 heteroatoms. The summed E-state index contributed by atoms with van der Waals surface area (Å²) in [5.41, 5.74) is 2.32. The van der Waals surface area contributed by atoms with Crippen LogP contribution in [0.1, 0.15) is 37.1 Å². The van der Waals surface area contributed by atoms with Crippen molar-refractivity contribution in [2.45, 2.75) is 57.3 Å². The van der Waals surface area contributed by atoms with Gasteiger partial charge in [0.1, 0.15) is 6.54 Å². The van der Waals surface area contributed by atoms with Crippen LogP contribution < -0.4 is 10.6 Å². The Morgan fingerprint density at radius 3 is 2.59 bits per heavy atom. The van der Waals surface area contributed by atoms with Crippen LogP contribution in [0.2, 0.25) is 0 Å². The molecule has 0 atom stereocenters. The third-order valence-corrected chi connectivity index (χ3v) is 5.08. The summed E-state index contributed by atoms with van der Waals surface area (Å²) < 4.78 is 1.53. The van der Waals surface area contributed by atoms with Gasteiger partial charge < -0.3 is 10.6 Å². The molecule has 27 heavy (non-hydrogen) atoms. The Balaban J connectivity index is 1.45. The van der Waals surface area contributed by atoms with Crippen LogP contribution in [0.3, 0.4) is 0 Å². The molecule has 0 unspecified atom stereocenters. The highest BCUT2D eigenvalue weighted by atomic mass is 32.2. The van der Waals surface area contributed by atoms with E-state index in [1.165, 1.54) is 29.3 Å². The molecular formula is C18H24N6O2S. The summed E-state index contributed by atoms with van der Waals surface area (Å²) in [7, 11) is 0. The molecule has 3 rings (SSSR count). The van der Waals surface area contributed by atoms with Crippen molar-refractivity contribution in [2.75, 3.05) is 11.1 Å². The third kappa shape index (κ3) is 6.06. The van der Waals surface area contributed by atoms with E-state index in [-0.39, 0.29) is 30.2 Å². The summed E-state index contributed by atoms with van der Waals surface area (Å²) in [6.45, 7) is 3.95. The van der Waals surface area contributed by atoms with Gasteiger partial charge in [-0.2, -0.15) is 5.10 Å². The van der Waals surface area contributed by atoms with E-state index in [9.17, 15) is 9.59 Å². The lowest BCUT2D eigenvalue weighted by atomic mass is 10.2. The van der Waals surface area contributed by atoms with Crippen LogP contribution in [-0.4, -0.2) is 43.4 Å². The standard InChI is InChI=1S/C18H24N6O2S/c1-12-7-13(2)21-18(20-12)27-11-17(26)23-15-8-19-24(9-15)10-16(25)22-14-5-3-4-6-14/h7-9,14H,3-6,10-11H2,1-2H3,(H,22,25)(H,23,26). The van der Waals surface area contributed by atoms with E-state index < -0.39 is 0 Å². The van der Waals surface area contributed by atoms with Crippen molar-refractivity contribution in [3.05, 3.63) is 29.8 Å². The Bertz CT molecular complexity index is 796. The van der Waals surface area contributed by atoms with Crippen molar-refractivity contribution in [1.29, 1.82) is 0 Å². The number of thioether (sulfide) groups is 1. The van der Waals surface area contributed by atoms with Crippen molar-refractivity contribution in [3.63, 3.8) is 0 Å². The van der Waals surface area contributed by atoms with Crippen LogP contribution in [0.4, 0.5) is 5.69 Å². The summed E-state index contributed by atoms with van der Waals surface area (Å²) in [5.74, 6) is -0.0147. The number of nitrogens with one attached hydrogen (secondary N) is 2. The molecule has 1 aliphatic carbocycles. The lowest BCUT2D eigenvalue weighted by Crippen LogP contribution is -2.35. The molecule has 1 fully saturated rings. The lowest BCUT2D eigenvalue weighted by Gasteiger charge is -2.11. The Morgan fingerprint density at radius 1 is 1.19 bits per heavy atom. The average molecular weight is 388 g/mol. The Labute approximate surface area is 162 Å². The topological polar surface area (TPSA) is 102 Å². The zero-order chi connectivity index (χ0) is 19.2. The predicted molar refractivity (Wildman–Crippen MR) is 103 cm³/mol. The maximum atomic E-state index is 12.1. The molecule has 1 saturated carbocycles. The van der Waals surface area contributed by atoms with Gasteiger partial charge in [-0.25, -0.2) is 9.97 Å². The molecule has 0 aliphatic heterocycles. The summed E-state index contributed by atoms with van der Waals surface area (Å²) in [4.78, 5) is 32.8. The molecule has 2 amide bonds. The van der Waals surface area contributed by atoms with E-state index in [0.29, 0.717) is 10.8 Å². The molecule has 8 nitrogen and oxygen atoms in total. The van der Waals surface area contributed by atoms with Gasteiger partial charge in [0.05, 0.1) is 17.6 Å². The van der Waals surface area contributed by atoms with Crippen LogP contribution in [-0.2, 0) is 16.1 Å². The van der Waals surface area contributed by atoms with Gasteiger partial charge in [0.25, 0.3) is 0 Å². The van der Waals surface area contributed by atoms with Crippen molar-refractivity contribution >= 4 is 29.3 Å². The SMILES string of the molecule is Cc1cc(C)nc(SCC(=O)Nc2cnn(CC(=O)NC3CCCC3)c2)n1. The first-order chi connectivity index (χ1) is 13.0. The average Bonchev–Trinajstić information content (AvgIpc) is 3.24. The number of carbonyl (C=O) groups is 2. The first-order valence-corrected chi connectivity index (χ1v) is 10.0. The van der Waals surface area contributed by atoms with Gasteiger partial charge in [0.2, 0.25) is 11.8 Å². The van der Waals surface area contributed by atoms with Crippen molar-refractivity contribution in [3.8, 4) is 0 Å². The molecule has 0 spiro atoms. The predicted octanol–water partition coefficient (Wildman–Crippen LogP) is 2.08. The maximum absolute atomic E-state index is 12.1. The van der Waals surface area contributed by atoms with Gasteiger partial charge in [0.15, 0.2) is 5.16 Å². The fraction of sp³-hybridized carbons (Fsp3) is 0.500. The van der Waals surface area contributed by atoms with Gasteiger partial charge in [-0.05, 0) is 32.8 Å². The molecule has 1 aliphatic rings. The van der Waals surface area contributed by atoms with E-state index >= 15 is 0 Å². The van der Waals surface area contributed by atoms with E-state index in [2.05, 4.69) is 25.7 Å². The van der Waals surface area contributed by atoms with Crippen LogP contribution in [0.5, 0.6) is 0 Å². The highest BCUT2D eigenvalue weighted by molar-refractivity contribution is 7.99. The first-order valence-electron chi connectivity index (χ1n) is 9.05. The monoisotopic (exact) mass is 388 g/mol. The minimum Gasteiger partial charge on any atom is -0.352 e. The van der Waals surface area contributed by atoms with Gasteiger partial charge in [-0.3, -0.25) is 14.3 Å². The molecule has 0 aromatic carbocycles. The fourth-order valence-electron chi connectivity index (χ4n) is 3.09. The normalized spacial score (nSPS) is 14.3. The Morgan fingerprint density at radius 2 is 1.89 bits per heavy atom. The minimum absolute atomic E-state index is 0.0506. The minimum atomic E-state index is -0.169. The second-order valence-corrected chi connectivity index (χ2v) is 7.69. The van der Waals surface area contributed by atoms with E-state index in [4.69, 9.17) is 0 Å². The zero-order valence-electron chi connectivity index (χ0n) is 15.6. The largest absolute Gasteiger partial charge is 0.352 e. The molecule has 0 bridgehead atoms. The molecule has 2 aromatic heterocycles. The number of aromatic nitrogens is 4.